The first kappa shape index (κ1) is 14.2. The van der Waals surface area contributed by atoms with E-state index in [4.69, 9.17) is 17.3 Å². The zero-order valence-corrected chi connectivity index (χ0v) is 12.9. The number of fused-ring (bicyclic) bond motifs is 1. The van der Waals surface area contributed by atoms with Gasteiger partial charge in [-0.1, -0.05) is 17.7 Å². The van der Waals surface area contributed by atoms with Crippen molar-refractivity contribution >= 4 is 17.3 Å². The average Bonchev–Trinajstić information content (AvgIpc) is 2.76. The number of hydrogen-bond acceptors (Lipinski definition) is 3. The van der Waals surface area contributed by atoms with E-state index < -0.39 is 0 Å². The minimum Gasteiger partial charge on any atom is -0.369 e. The molecule has 0 aromatic heterocycles. The highest BCUT2D eigenvalue weighted by Crippen LogP contribution is 2.31. The minimum atomic E-state index is 0.0380. The van der Waals surface area contributed by atoms with Gasteiger partial charge in [0.2, 0.25) is 0 Å². The second-order valence-electron chi connectivity index (χ2n) is 6.13. The summed E-state index contributed by atoms with van der Waals surface area (Å²) in [4.78, 5) is 5.10. The van der Waals surface area contributed by atoms with Crippen LogP contribution in [0.4, 0.5) is 5.69 Å². The second-order valence-corrected chi connectivity index (χ2v) is 6.54. The third-order valence-corrected chi connectivity index (χ3v) is 4.94. The van der Waals surface area contributed by atoms with E-state index in [1.165, 1.54) is 38.0 Å². The SMILES string of the molecule is CC(N)c1ccc(N2CCCN3CCCC3C2)c(Cl)c1. The fourth-order valence-electron chi connectivity index (χ4n) is 3.49. The van der Waals surface area contributed by atoms with Crippen LogP contribution in [-0.2, 0) is 0 Å². The molecule has 4 heteroatoms. The molecule has 0 saturated carbocycles. The highest BCUT2D eigenvalue weighted by Gasteiger charge is 2.29. The van der Waals surface area contributed by atoms with Crippen molar-refractivity contribution in [1.82, 2.24) is 4.90 Å². The smallest absolute Gasteiger partial charge is 0.0642 e. The molecule has 2 saturated heterocycles. The van der Waals surface area contributed by atoms with Gasteiger partial charge in [0.15, 0.2) is 0 Å². The number of benzene rings is 1. The summed E-state index contributed by atoms with van der Waals surface area (Å²) in [7, 11) is 0. The van der Waals surface area contributed by atoms with Crippen LogP contribution < -0.4 is 10.6 Å². The van der Waals surface area contributed by atoms with Crippen molar-refractivity contribution in [2.75, 3.05) is 31.1 Å². The molecular formula is C16H24ClN3. The Bertz CT molecular complexity index is 475. The summed E-state index contributed by atoms with van der Waals surface area (Å²) >= 11 is 6.49. The van der Waals surface area contributed by atoms with E-state index in [1.807, 2.05) is 13.0 Å². The lowest BCUT2D eigenvalue weighted by atomic mass is 10.1. The van der Waals surface area contributed by atoms with Crippen molar-refractivity contribution in [2.45, 2.75) is 38.3 Å². The zero-order valence-electron chi connectivity index (χ0n) is 12.2. The van der Waals surface area contributed by atoms with Gasteiger partial charge in [-0.25, -0.2) is 0 Å². The topological polar surface area (TPSA) is 32.5 Å². The van der Waals surface area contributed by atoms with E-state index in [-0.39, 0.29) is 6.04 Å². The molecule has 0 radical (unpaired) electrons. The van der Waals surface area contributed by atoms with Crippen molar-refractivity contribution in [1.29, 1.82) is 0 Å². The maximum atomic E-state index is 6.49. The molecular weight excluding hydrogens is 270 g/mol. The Morgan fingerprint density at radius 1 is 1.25 bits per heavy atom. The minimum absolute atomic E-state index is 0.0380. The predicted octanol–water partition coefficient (Wildman–Crippen LogP) is 3.03. The highest BCUT2D eigenvalue weighted by atomic mass is 35.5. The summed E-state index contributed by atoms with van der Waals surface area (Å²) in [6, 6.07) is 7.03. The van der Waals surface area contributed by atoms with Crippen LogP contribution >= 0.6 is 11.6 Å². The van der Waals surface area contributed by atoms with Crippen LogP contribution in [0.1, 0.15) is 37.8 Å². The number of rotatable bonds is 2. The Hall–Kier alpha value is -0.770. The molecule has 2 fully saturated rings. The average molecular weight is 294 g/mol. The fraction of sp³-hybridized carbons (Fsp3) is 0.625. The standard InChI is InChI=1S/C16H24ClN3/c1-12(18)13-5-6-16(15(17)10-13)20-9-3-8-19-7-2-4-14(19)11-20/h5-6,10,12,14H,2-4,7-9,11,18H2,1H3. The molecule has 2 aliphatic rings. The summed E-state index contributed by atoms with van der Waals surface area (Å²) < 4.78 is 0. The lowest BCUT2D eigenvalue weighted by Crippen LogP contribution is -2.36. The van der Waals surface area contributed by atoms with E-state index >= 15 is 0 Å². The van der Waals surface area contributed by atoms with Crippen LogP contribution in [0.2, 0.25) is 5.02 Å². The molecule has 3 rings (SSSR count). The summed E-state index contributed by atoms with van der Waals surface area (Å²) in [6.07, 6.45) is 3.89. The van der Waals surface area contributed by atoms with Gasteiger partial charge < -0.3 is 10.6 Å². The molecule has 0 bridgehead atoms. The maximum Gasteiger partial charge on any atom is 0.0642 e. The van der Waals surface area contributed by atoms with Crippen molar-refractivity contribution < 1.29 is 0 Å². The summed E-state index contributed by atoms with van der Waals surface area (Å²) in [5.74, 6) is 0. The normalized spacial score (nSPS) is 25.4. The lowest BCUT2D eigenvalue weighted by Gasteiger charge is -2.28. The van der Waals surface area contributed by atoms with Crippen molar-refractivity contribution in [3.8, 4) is 0 Å². The lowest BCUT2D eigenvalue weighted by molar-refractivity contribution is 0.273. The molecule has 2 heterocycles. The fourth-order valence-corrected chi connectivity index (χ4v) is 3.80. The number of nitrogens with zero attached hydrogens (tertiary/aromatic N) is 2. The summed E-state index contributed by atoms with van der Waals surface area (Å²) in [5, 5.41) is 0.839. The molecule has 0 amide bonds. The summed E-state index contributed by atoms with van der Waals surface area (Å²) in [6.45, 7) is 6.71. The highest BCUT2D eigenvalue weighted by molar-refractivity contribution is 6.33. The Labute approximate surface area is 126 Å². The van der Waals surface area contributed by atoms with Gasteiger partial charge in [0, 0.05) is 31.7 Å². The van der Waals surface area contributed by atoms with E-state index in [0.717, 1.165) is 23.7 Å². The molecule has 2 aliphatic heterocycles. The molecule has 1 aromatic carbocycles. The molecule has 2 N–H and O–H groups in total. The Morgan fingerprint density at radius 2 is 2.05 bits per heavy atom. The van der Waals surface area contributed by atoms with Gasteiger partial charge >= 0.3 is 0 Å². The van der Waals surface area contributed by atoms with E-state index in [2.05, 4.69) is 21.9 Å². The molecule has 2 unspecified atom stereocenters. The van der Waals surface area contributed by atoms with Crippen LogP contribution in [0.15, 0.2) is 18.2 Å². The monoisotopic (exact) mass is 293 g/mol. The molecule has 0 aliphatic carbocycles. The van der Waals surface area contributed by atoms with Crippen LogP contribution in [0, 0.1) is 0 Å². The van der Waals surface area contributed by atoms with Gasteiger partial charge in [-0.05, 0) is 50.4 Å². The largest absolute Gasteiger partial charge is 0.369 e. The van der Waals surface area contributed by atoms with Gasteiger partial charge in [0.25, 0.3) is 0 Å². The first-order chi connectivity index (χ1) is 9.65. The molecule has 2 atom stereocenters. The number of anilines is 1. The molecule has 3 nitrogen and oxygen atoms in total. The number of halogens is 1. The molecule has 20 heavy (non-hydrogen) atoms. The second kappa shape index (κ2) is 5.92. The maximum absolute atomic E-state index is 6.49. The van der Waals surface area contributed by atoms with Gasteiger partial charge in [0.05, 0.1) is 10.7 Å². The zero-order chi connectivity index (χ0) is 14.1. The number of hydrogen-bond donors (Lipinski definition) is 1. The van der Waals surface area contributed by atoms with Crippen LogP contribution in [0.25, 0.3) is 0 Å². The first-order valence-electron chi connectivity index (χ1n) is 7.69. The van der Waals surface area contributed by atoms with Crippen LogP contribution in [0.3, 0.4) is 0 Å². The Morgan fingerprint density at radius 3 is 2.80 bits per heavy atom. The molecule has 1 aromatic rings. The van der Waals surface area contributed by atoms with Gasteiger partial charge in [-0.2, -0.15) is 0 Å². The predicted molar refractivity (Wildman–Crippen MR) is 85.5 cm³/mol. The van der Waals surface area contributed by atoms with Gasteiger partial charge in [-0.15, -0.1) is 0 Å². The summed E-state index contributed by atoms with van der Waals surface area (Å²) in [5.41, 5.74) is 8.21. The molecule has 0 spiro atoms. The van der Waals surface area contributed by atoms with E-state index in [1.54, 1.807) is 0 Å². The van der Waals surface area contributed by atoms with Crippen molar-refractivity contribution in [3.05, 3.63) is 28.8 Å². The van der Waals surface area contributed by atoms with Gasteiger partial charge in [0.1, 0.15) is 0 Å². The van der Waals surface area contributed by atoms with Crippen molar-refractivity contribution in [2.24, 2.45) is 5.73 Å². The van der Waals surface area contributed by atoms with Crippen molar-refractivity contribution in [3.63, 3.8) is 0 Å². The van der Waals surface area contributed by atoms with E-state index in [9.17, 15) is 0 Å². The third kappa shape index (κ3) is 2.80. The Kier molecular flexibility index (Phi) is 4.20. The van der Waals surface area contributed by atoms with E-state index in [0.29, 0.717) is 6.04 Å². The molecule has 110 valence electrons. The Balaban J connectivity index is 1.81. The van der Waals surface area contributed by atoms with Crippen LogP contribution in [0.5, 0.6) is 0 Å². The van der Waals surface area contributed by atoms with Gasteiger partial charge in [-0.3, -0.25) is 4.90 Å². The first-order valence-corrected chi connectivity index (χ1v) is 8.07. The number of nitrogens with two attached hydrogens (primary N) is 1. The quantitative estimate of drug-likeness (QED) is 0.910. The third-order valence-electron chi connectivity index (χ3n) is 4.64. The van der Waals surface area contributed by atoms with Crippen LogP contribution in [-0.4, -0.2) is 37.1 Å².